The Balaban J connectivity index is 2.24. The smallest absolute Gasteiger partial charge is 0.164 e. The van der Waals surface area contributed by atoms with E-state index < -0.39 is 0 Å². The summed E-state index contributed by atoms with van der Waals surface area (Å²) in [6, 6.07) is 2.03. The molecule has 0 bridgehead atoms. The predicted molar refractivity (Wildman–Crippen MR) is 59.2 cm³/mol. The number of ketones is 1. The lowest BCUT2D eigenvalue weighted by molar-refractivity contribution is 0.0937. The molecule has 0 spiro atoms. The monoisotopic (exact) mass is 203 g/mol. The van der Waals surface area contributed by atoms with Crippen molar-refractivity contribution in [3.8, 4) is 0 Å². The zero-order valence-electron chi connectivity index (χ0n) is 9.25. The third kappa shape index (κ3) is 1.08. The van der Waals surface area contributed by atoms with Gasteiger partial charge in [-0.15, -0.1) is 0 Å². The lowest BCUT2D eigenvalue weighted by Gasteiger charge is -2.41. The lowest BCUT2D eigenvalue weighted by Crippen LogP contribution is -2.37. The molecule has 3 rings (SSSR count). The topological polar surface area (TPSA) is 22.0 Å². The number of hydrogen-bond donors (Lipinski definition) is 0. The maximum Gasteiger partial charge on any atom is 0.164 e. The third-order valence-corrected chi connectivity index (χ3v) is 4.33. The van der Waals surface area contributed by atoms with E-state index in [4.69, 9.17) is 0 Å². The third-order valence-electron chi connectivity index (χ3n) is 4.33. The fourth-order valence-corrected chi connectivity index (χ4v) is 3.43. The van der Waals surface area contributed by atoms with Crippen molar-refractivity contribution in [3.63, 3.8) is 0 Å². The Bertz CT molecular complexity index is 418. The predicted octanol–water partition coefficient (Wildman–Crippen LogP) is 2.91. The largest absolute Gasteiger partial charge is 0.350 e. The molecule has 2 nitrogen and oxygen atoms in total. The van der Waals surface area contributed by atoms with E-state index in [1.807, 2.05) is 6.07 Å². The zero-order chi connectivity index (χ0) is 10.5. The molecule has 0 aromatic carbocycles. The van der Waals surface area contributed by atoms with Gasteiger partial charge >= 0.3 is 0 Å². The number of Topliss-reactive ketones (excluding diaryl/α,β-unsaturated/α-hetero) is 1. The molecule has 0 fully saturated rings. The molecule has 1 aromatic rings. The number of hydrogen-bond acceptors (Lipinski definition) is 1. The second kappa shape index (κ2) is 2.97. The summed E-state index contributed by atoms with van der Waals surface area (Å²) in [5.41, 5.74) is 2.70. The first-order chi connectivity index (χ1) is 7.27. The van der Waals surface area contributed by atoms with Crippen LogP contribution in [0.25, 0.3) is 0 Å². The van der Waals surface area contributed by atoms with Crippen LogP contribution in [0.1, 0.15) is 55.1 Å². The molecule has 0 saturated carbocycles. The minimum absolute atomic E-state index is 0.324. The van der Waals surface area contributed by atoms with Crippen molar-refractivity contribution in [1.82, 2.24) is 4.57 Å². The summed E-state index contributed by atoms with van der Waals surface area (Å²) in [6.45, 7) is 3.37. The van der Waals surface area contributed by atoms with Crippen LogP contribution < -0.4 is 0 Å². The molecule has 2 aliphatic rings. The van der Waals surface area contributed by atoms with Crippen LogP contribution in [0.4, 0.5) is 0 Å². The summed E-state index contributed by atoms with van der Waals surface area (Å²) in [6.07, 6.45) is 7.65. The van der Waals surface area contributed by atoms with Gasteiger partial charge in [0.05, 0.1) is 0 Å². The van der Waals surface area contributed by atoms with Gasteiger partial charge in [0.15, 0.2) is 5.78 Å². The van der Waals surface area contributed by atoms with Crippen molar-refractivity contribution in [2.24, 2.45) is 0 Å². The summed E-state index contributed by atoms with van der Waals surface area (Å²) in [5.74, 6) is 0.356. The molecule has 0 N–H and O–H groups in total. The Morgan fingerprint density at radius 2 is 2.33 bits per heavy atom. The van der Waals surface area contributed by atoms with Crippen molar-refractivity contribution in [2.75, 3.05) is 0 Å². The van der Waals surface area contributed by atoms with Gasteiger partial charge in [0.2, 0.25) is 0 Å². The average molecular weight is 203 g/mol. The molecule has 1 aromatic heterocycles. The van der Waals surface area contributed by atoms with Gasteiger partial charge in [0.25, 0.3) is 0 Å². The highest BCUT2D eigenvalue weighted by atomic mass is 16.1. The van der Waals surface area contributed by atoms with E-state index in [1.54, 1.807) is 0 Å². The molecule has 1 unspecified atom stereocenters. The van der Waals surface area contributed by atoms with Crippen LogP contribution in [0.5, 0.6) is 0 Å². The molecule has 0 radical (unpaired) electrons. The number of aromatic nitrogens is 1. The quantitative estimate of drug-likeness (QED) is 0.688. The van der Waals surface area contributed by atoms with Gasteiger partial charge < -0.3 is 4.57 Å². The Labute approximate surface area is 90.3 Å². The highest BCUT2D eigenvalue weighted by Gasteiger charge is 2.42. The summed E-state index contributed by atoms with van der Waals surface area (Å²) in [4.78, 5) is 11.8. The van der Waals surface area contributed by atoms with Crippen molar-refractivity contribution < 1.29 is 4.79 Å². The molecular formula is C13H17NO. The standard InChI is InChI=1S/C13H17NO/c1-2-13-6-3-8-14-9-5-10(12(13)14)11(15)4-7-13/h5,9H,2-4,6-8H2,1H3. The first-order valence-corrected chi connectivity index (χ1v) is 6.00. The number of rotatable bonds is 1. The second-order valence-corrected chi connectivity index (χ2v) is 4.93. The molecule has 1 aliphatic carbocycles. The van der Waals surface area contributed by atoms with Gasteiger partial charge in [-0.05, 0) is 31.7 Å². The van der Waals surface area contributed by atoms with E-state index in [0.29, 0.717) is 11.2 Å². The van der Waals surface area contributed by atoms with Gasteiger partial charge in [0, 0.05) is 35.8 Å². The van der Waals surface area contributed by atoms with E-state index in [2.05, 4.69) is 17.7 Å². The summed E-state index contributed by atoms with van der Waals surface area (Å²) in [7, 11) is 0. The number of carbonyl (C=O) groups is 1. The normalized spacial score (nSPS) is 29.0. The fraction of sp³-hybridized carbons (Fsp3) is 0.615. The Morgan fingerprint density at radius 1 is 1.47 bits per heavy atom. The Kier molecular flexibility index (Phi) is 1.82. The SMILES string of the molecule is CCC12CCCn3ccc(c31)C(=O)CC2. The van der Waals surface area contributed by atoms with Gasteiger partial charge in [-0.1, -0.05) is 6.92 Å². The van der Waals surface area contributed by atoms with Gasteiger partial charge in [-0.3, -0.25) is 4.79 Å². The highest BCUT2D eigenvalue weighted by molar-refractivity contribution is 5.99. The molecule has 0 saturated heterocycles. The van der Waals surface area contributed by atoms with Crippen LogP contribution in [0.2, 0.25) is 0 Å². The summed E-state index contributed by atoms with van der Waals surface area (Å²) in [5, 5.41) is 0. The molecular weight excluding hydrogens is 186 g/mol. The number of nitrogens with zero attached hydrogens (tertiary/aromatic N) is 1. The first-order valence-electron chi connectivity index (χ1n) is 6.00. The molecule has 1 aliphatic heterocycles. The molecule has 15 heavy (non-hydrogen) atoms. The van der Waals surface area contributed by atoms with Crippen LogP contribution in [0.15, 0.2) is 12.3 Å². The average Bonchev–Trinajstić information content (AvgIpc) is 2.70. The van der Waals surface area contributed by atoms with Gasteiger partial charge in [-0.25, -0.2) is 0 Å². The van der Waals surface area contributed by atoms with Gasteiger partial charge in [-0.2, -0.15) is 0 Å². The summed E-state index contributed by atoms with van der Waals surface area (Å²) >= 11 is 0. The lowest BCUT2D eigenvalue weighted by atomic mass is 9.67. The molecule has 2 heteroatoms. The van der Waals surface area contributed by atoms with Crippen LogP contribution >= 0.6 is 0 Å². The second-order valence-electron chi connectivity index (χ2n) is 4.93. The molecule has 80 valence electrons. The van der Waals surface area contributed by atoms with Crippen molar-refractivity contribution in [2.45, 2.75) is 51.0 Å². The van der Waals surface area contributed by atoms with E-state index in [0.717, 1.165) is 24.9 Å². The van der Waals surface area contributed by atoms with Crippen LogP contribution in [0.3, 0.4) is 0 Å². The van der Waals surface area contributed by atoms with Gasteiger partial charge in [0.1, 0.15) is 0 Å². The van der Waals surface area contributed by atoms with Crippen molar-refractivity contribution in [3.05, 3.63) is 23.5 Å². The van der Waals surface area contributed by atoms with E-state index >= 15 is 0 Å². The summed E-state index contributed by atoms with van der Waals surface area (Å²) < 4.78 is 2.32. The van der Waals surface area contributed by atoms with Crippen LogP contribution in [-0.2, 0) is 12.0 Å². The maximum atomic E-state index is 11.8. The minimum Gasteiger partial charge on any atom is -0.350 e. The number of aryl methyl sites for hydroxylation is 1. The molecule has 1 atom stereocenters. The first kappa shape index (κ1) is 9.20. The van der Waals surface area contributed by atoms with Crippen LogP contribution in [0, 0.1) is 0 Å². The highest BCUT2D eigenvalue weighted by Crippen LogP contribution is 2.46. The van der Waals surface area contributed by atoms with E-state index in [1.165, 1.54) is 25.0 Å². The Morgan fingerprint density at radius 3 is 3.13 bits per heavy atom. The van der Waals surface area contributed by atoms with Crippen molar-refractivity contribution >= 4 is 5.78 Å². The molecule has 0 amide bonds. The van der Waals surface area contributed by atoms with Crippen LogP contribution in [-0.4, -0.2) is 10.4 Å². The fourth-order valence-electron chi connectivity index (χ4n) is 3.43. The Hall–Kier alpha value is -1.05. The van der Waals surface area contributed by atoms with E-state index in [9.17, 15) is 4.79 Å². The zero-order valence-corrected chi connectivity index (χ0v) is 9.25. The molecule has 2 heterocycles. The van der Waals surface area contributed by atoms with Crippen molar-refractivity contribution in [1.29, 1.82) is 0 Å². The number of carbonyl (C=O) groups excluding carboxylic acids is 1. The minimum atomic E-state index is 0.324. The maximum absolute atomic E-state index is 11.8. The van der Waals surface area contributed by atoms with E-state index in [-0.39, 0.29) is 0 Å².